The molecule has 0 saturated heterocycles. The molecule has 312 valence electrons. The van der Waals surface area contributed by atoms with Crippen LogP contribution < -0.4 is 10.6 Å². The third-order valence-corrected chi connectivity index (χ3v) is 10.5. The van der Waals surface area contributed by atoms with Gasteiger partial charge in [-0.25, -0.2) is 18.2 Å². The Balaban J connectivity index is 1.79. The van der Waals surface area contributed by atoms with Gasteiger partial charge in [-0.05, 0) is 43.9 Å². The van der Waals surface area contributed by atoms with E-state index in [2.05, 4.69) is 20.6 Å². The zero-order valence-corrected chi connectivity index (χ0v) is 32.2. The quantitative estimate of drug-likeness (QED) is 0.0828. The van der Waals surface area contributed by atoms with Crippen molar-refractivity contribution in [1.82, 2.24) is 39.6 Å². The predicted octanol–water partition coefficient (Wildman–Crippen LogP) is -0.438. The number of nitrogens with zero attached hydrogens (tertiary/aromatic N) is 6. The summed E-state index contributed by atoms with van der Waals surface area (Å²) in [6.07, 6.45) is 6.65. The number of carboxylic acid groups (broad SMARTS) is 4. The summed E-state index contributed by atoms with van der Waals surface area (Å²) in [7, 11) is -4.88. The molecule has 0 radical (unpaired) electrons. The number of benzene rings is 1. The number of nitrogens with one attached hydrogen (secondary N) is 2. The Morgan fingerprint density at radius 2 is 1.21 bits per heavy atom. The third kappa shape index (κ3) is 15.8. The maximum Gasteiger partial charge on any atom is 0.338 e. The summed E-state index contributed by atoms with van der Waals surface area (Å²) in [6, 6.07) is 3.66. The SMILES string of the molecule is Cc1cnc(C(=O)NCCc2ccc(S(=O)(=O)N(C(=O)CN(CCN(CCN(CC(=O)O)CC(=O)O)CC(=O)O)CC(=O)O)C(=O)NC3CCCCC3)cc2)cn1. The highest BCUT2D eigenvalue weighted by Gasteiger charge is 2.37. The van der Waals surface area contributed by atoms with Crippen LogP contribution in [0, 0.1) is 6.92 Å². The van der Waals surface area contributed by atoms with E-state index in [1.54, 1.807) is 6.92 Å². The van der Waals surface area contributed by atoms with E-state index in [4.69, 9.17) is 10.2 Å². The van der Waals surface area contributed by atoms with Gasteiger partial charge in [-0.2, -0.15) is 4.31 Å². The van der Waals surface area contributed by atoms with Gasteiger partial charge >= 0.3 is 29.9 Å². The average molecular weight is 821 g/mol. The molecule has 1 heterocycles. The number of aryl methyl sites for hydroxylation is 1. The summed E-state index contributed by atoms with van der Waals surface area (Å²) in [6.45, 7) is -2.59. The van der Waals surface area contributed by atoms with Crippen LogP contribution in [0.15, 0.2) is 41.6 Å². The number of hydrogen-bond acceptors (Lipinski definition) is 14. The van der Waals surface area contributed by atoms with Crippen molar-refractivity contribution in [3.63, 3.8) is 0 Å². The van der Waals surface area contributed by atoms with E-state index in [9.17, 15) is 52.2 Å². The minimum atomic E-state index is -4.88. The number of carboxylic acids is 4. The van der Waals surface area contributed by atoms with Crippen molar-refractivity contribution >= 4 is 51.7 Å². The number of urea groups is 1. The summed E-state index contributed by atoms with van der Waals surface area (Å²) in [5.74, 6) is -7.08. The Hall–Kier alpha value is -5.58. The molecule has 4 amide bonds. The van der Waals surface area contributed by atoms with Crippen LogP contribution in [0.1, 0.15) is 53.8 Å². The molecule has 1 aromatic carbocycles. The van der Waals surface area contributed by atoms with E-state index in [1.807, 2.05) is 0 Å². The Kier molecular flexibility index (Phi) is 17.9. The molecule has 1 aromatic heterocycles. The van der Waals surface area contributed by atoms with Crippen LogP contribution in [-0.2, 0) is 40.4 Å². The number of aromatic nitrogens is 2. The second-order valence-corrected chi connectivity index (χ2v) is 15.2. The van der Waals surface area contributed by atoms with Gasteiger partial charge < -0.3 is 31.1 Å². The van der Waals surface area contributed by atoms with Crippen LogP contribution in [-0.4, -0.2) is 171 Å². The zero-order chi connectivity index (χ0) is 42.1. The minimum absolute atomic E-state index is 0.0684. The predicted molar refractivity (Wildman–Crippen MR) is 199 cm³/mol. The number of imide groups is 1. The molecule has 0 atom stereocenters. The van der Waals surface area contributed by atoms with Gasteiger partial charge in [0.1, 0.15) is 5.69 Å². The number of hydrogen-bond donors (Lipinski definition) is 6. The van der Waals surface area contributed by atoms with E-state index in [0.717, 1.165) is 29.1 Å². The fraction of sp³-hybridized carbons (Fsp3) is 0.514. The van der Waals surface area contributed by atoms with E-state index < -0.39 is 95.4 Å². The summed E-state index contributed by atoms with van der Waals surface area (Å²) in [5, 5.41) is 42.6. The fourth-order valence-corrected chi connectivity index (χ4v) is 7.26. The summed E-state index contributed by atoms with van der Waals surface area (Å²) in [4.78, 5) is 96.7. The number of carbonyl (C=O) groups is 7. The fourth-order valence-electron chi connectivity index (χ4n) is 5.98. The van der Waals surface area contributed by atoms with Crippen molar-refractivity contribution in [2.75, 3.05) is 65.4 Å². The van der Waals surface area contributed by atoms with Crippen LogP contribution in [0.25, 0.3) is 0 Å². The minimum Gasteiger partial charge on any atom is -0.480 e. The molecule has 0 bridgehead atoms. The summed E-state index contributed by atoms with van der Waals surface area (Å²) >= 11 is 0. The first-order chi connectivity index (χ1) is 26.9. The highest BCUT2D eigenvalue weighted by molar-refractivity contribution is 7.90. The average Bonchev–Trinajstić information content (AvgIpc) is 3.12. The Morgan fingerprint density at radius 1 is 0.702 bits per heavy atom. The van der Waals surface area contributed by atoms with Gasteiger partial charge in [0.05, 0.1) is 49.5 Å². The normalized spacial score (nSPS) is 13.3. The van der Waals surface area contributed by atoms with Crippen molar-refractivity contribution in [3.05, 3.63) is 53.6 Å². The van der Waals surface area contributed by atoms with Crippen molar-refractivity contribution < 1.29 is 62.4 Å². The zero-order valence-electron chi connectivity index (χ0n) is 31.4. The first-order valence-corrected chi connectivity index (χ1v) is 19.5. The van der Waals surface area contributed by atoms with Crippen LogP contribution in [0.5, 0.6) is 0 Å². The van der Waals surface area contributed by atoms with E-state index in [-0.39, 0.29) is 49.1 Å². The molecule has 0 aliphatic heterocycles. The van der Waals surface area contributed by atoms with Crippen molar-refractivity contribution in [1.29, 1.82) is 0 Å². The molecule has 6 N–H and O–H groups in total. The number of aliphatic carboxylic acids is 4. The molecule has 1 saturated carbocycles. The maximum atomic E-state index is 14.0. The second kappa shape index (κ2) is 22.2. The number of rotatable bonds is 23. The molecule has 21 nitrogen and oxygen atoms in total. The van der Waals surface area contributed by atoms with E-state index in [1.165, 1.54) is 41.6 Å². The van der Waals surface area contributed by atoms with Crippen LogP contribution in [0.2, 0.25) is 0 Å². The van der Waals surface area contributed by atoms with Gasteiger partial charge in [-0.3, -0.25) is 48.5 Å². The maximum absolute atomic E-state index is 14.0. The molecule has 0 unspecified atom stereocenters. The Labute approximate surface area is 328 Å². The Bertz CT molecular complexity index is 1820. The lowest BCUT2D eigenvalue weighted by molar-refractivity contribution is -0.143. The summed E-state index contributed by atoms with van der Waals surface area (Å²) < 4.78 is 28.1. The van der Waals surface area contributed by atoms with Crippen LogP contribution in [0.3, 0.4) is 0 Å². The third-order valence-electron chi connectivity index (χ3n) is 8.78. The highest BCUT2D eigenvalue weighted by Crippen LogP contribution is 2.21. The second-order valence-electron chi connectivity index (χ2n) is 13.4. The van der Waals surface area contributed by atoms with Crippen molar-refractivity contribution in [2.45, 2.75) is 56.4 Å². The van der Waals surface area contributed by atoms with Gasteiger partial charge in [0.15, 0.2) is 0 Å². The molecule has 3 rings (SSSR count). The molecular formula is C35H48N8O13S. The van der Waals surface area contributed by atoms with Gasteiger partial charge in [0.2, 0.25) is 0 Å². The lowest BCUT2D eigenvalue weighted by Gasteiger charge is -2.30. The topological polar surface area (TPSA) is 297 Å². The Morgan fingerprint density at radius 3 is 1.72 bits per heavy atom. The monoisotopic (exact) mass is 820 g/mol. The highest BCUT2D eigenvalue weighted by atomic mass is 32.2. The molecule has 1 fully saturated rings. The smallest absolute Gasteiger partial charge is 0.338 e. The van der Waals surface area contributed by atoms with E-state index >= 15 is 0 Å². The van der Waals surface area contributed by atoms with Gasteiger partial charge in [-0.15, -0.1) is 0 Å². The number of amides is 4. The van der Waals surface area contributed by atoms with Gasteiger partial charge in [0, 0.05) is 45.0 Å². The molecule has 22 heteroatoms. The van der Waals surface area contributed by atoms with Crippen molar-refractivity contribution in [3.8, 4) is 0 Å². The molecule has 1 aliphatic carbocycles. The first kappa shape index (κ1) is 45.8. The number of carbonyl (C=O) groups excluding carboxylic acids is 3. The molecule has 57 heavy (non-hydrogen) atoms. The van der Waals surface area contributed by atoms with Crippen molar-refractivity contribution in [2.24, 2.45) is 0 Å². The molecule has 2 aromatic rings. The summed E-state index contributed by atoms with van der Waals surface area (Å²) in [5.41, 5.74) is 1.37. The van der Waals surface area contributed by atoms with E-state index in [0.29, 0.717) is 24.1 Å². The van der Waals surface area contributed by atoms with Gasteiger partial charge in [0.25, 0.3) is 21.8 Å². The number of sulfonamides is 1. The largest absolute Gasteiger partial charge is 0.480 e. The standard InChI is InChI=1S/C35H48N8O13S/c1-24-17-38-28(18-37-24)34(53)36-12-11-25-7-9-27(10-8-25)57(55,56)43(35(54)39-26-5-3-2-4-6-26)29(44)19-41(21-31(47)48)15-13-40(20-30(45)46)14-16-42(22-32(49)50)23-33(51)52/h7-10,17-18,26H,2-6,11-16,19-23H2,1H3,(H,36,53)(H,39,54)(H,45,46)(H,47,48)(H,49,50)(H,51,52). The van der Waals surface area contributed by atoms with Crippen LogP contribution in [0.4, 0.5) is 4.79 Å². The van der Waals surface area contributed by atoms with Gasteiger partial charge in [-0.1, -0.05) is 31.4 Å². The molecule has 1 aliphatic rings. The van der Waals surface area contributed by atoms with Crippen LogP contribution >= 0.6 is 0 Å². The first-order valence-electron chi connectivity index (χ1n) is 18.0. The lowest BCUT2D eigenvalue weighted by Crippen LogP contribution is -2.54. The molecular weight excluding hydrogens is 772 g/mol. The lowest BCUT2D eigenvalue weighted by atomic mass is 9.96. The molecule has 0 spiro atoms.